The maximum atomic E-state index is 12.8. The maximum Gasteiger partial charge on any atom is 0.301 e. The van der Waals surface area contributed by atoms with Crippen molar-refractivity contribution in [2.75, 3.05) is 12.0 Å². The van der Waals surface area contributed by atoms with E-state index < -0.39 is 17.6 Å². The molecule has 0 aliphatic carbocycles. The van der Waals surface area contributed by atoms with E-state index in [2.05, 4.69) is 0 Å². The van der Waals surface area contributed by atoms with Crippen LogP contribution in [0.1, 0.15) is 16.7 Å². The zero-order valence-electron chi connectivity index (χ0n) is 14.0. The predicted octanol–water partition coefficient (Wildman–Crippen LogP) is 3.81. The summed E-state index contributed by atoms with van der Waals surface area (Å²) in [5, 5.41) is 10.6. The number of imide groups is 1. The Morgan fingerprint density at radius 2 is 1.76 bits per heavy atom. The Kier molecular flexibility index (Phi) is 4.27. The molecule has 1 aliphatic rings. The number of nitrogens with zero attached hydrogens (tertiary/aromatic N) is 1. The first-order chi connectivity index (χ1) is 11.8. The lowest BCUT2D eigenvalue weighted by Crippen LogP contribution is -2.31. The molecule has 5 nitrogen and oxygen atoms in total. The highest BCUT2D eigenvalue weighted by molar-refractivity contribution is 6.45. The number of halogens is 1. The van der Waals surface area contributed by atoms with Gasteiger partial charge in [-0.15, -0.1) is 0 Å². The molecule has 6 heteroatoms. The minimum absolute atomic E-state index is 0.00515. The van der Waals surface area contributed by atoms with Crippen molar-refractivity contribution in [1.82, 2.24) is 0 Å². The molecule has 0 fully saturated rings. The summed E-state index contributed by atoms with van der Waals surface area (Å²) in [6, 6.07) is 10.00. The van der Waals surface area contributed by atoms with Crippen LogP contribution in [0.4, 0.5) is 5.69 Å². The van der Waals surface area contributed by atoms with Gasteiger partial charge in [0, 0.05) is 0 Å². The third-order valence-corrected chi connectivity index (χ3v) is 4.40. The largest absolute Gasteiger partial charge is 0.502 e. The predicted molar refractivity (Wildman–Crippen MR) is 96.0 cm³/mol. The molecule has 0 bridgehead atoms. The van der Waals surface area contributed by atoms with Crippen molar-refractivity contribution in [3.05, 3.63) is 63.9 Å². The molecule has 2 amide bonds. The van der Waals surface area contributed by atoms with Gasteiger partial charge in [-0.1, -0.05) is 35.4 Å². The van der Waals surface area contributed by atoms with Crippen molar-refractivity contribution in [3.63, 3.8) is 0 Å². The second-order valence-corrected chi connectivity index (χ2v) is 6.21. The number of rotatable bonds is 3. The molecule has 0 radical (unpaired) electrons. The Balaban J connectivity index is 2.06. The van der Waals surface area contributed by atoms with E-state index in [0.717, 1.165) is 16.0 Å². The Labute approximate surface area is 150 Å². The van der Waals surface area contributed by atoms with E-state index in [1.54, 1.807) is 18.2 Å². The number of hydrogen-bond donors (Lipinski definition) is 1. The first kappa shape index (κ1) is 17.0. The van der Waals surface area contributed by atoms with Crippen molar-refractivity contribution >= 4 is 34.7 Å². The molecule has 0 saturated carbocycles. The fraction of sp³-hybridized carbons (Fsp3) is 0.158. The van der Waals surface area contributed by atoms with Gasteiger partial charge in [0.15, 0.2) is 5.76 Å². The van der Waals surface area contributed by atoms with E-state index in [1.165, 1.54) is 13.2 Å². The Morgan fingerprint density at radius 1 is 1.04 bits per heavy atom. The van der Waals surface area contributed by atoms with Crippen LogP contribution in [0, 0.1) is 13.8 Å². The van der Waals surface area contributed by atoms with E-state index >= 15 is 0 Å². The number of methoxy groups -OCH3 is 1. The van der Waals surface area contributed by atoms with Gasteiger partial charge in [-0.3, -0.25) is 9.59 Å². The first-order valence-corrected chi connectivity index (χ1v) is 7.96. The summed E-state index contributed by atoms with van der Waals surface area (Å²) in [6.45, 7) is 3.76. The van der Waals surface area contributed by atoms with Crippen LogP contribution in [0.15, 0.2) is 42.2 Å². The number of anilines is 1. The summed E-state index contributed by atoms with van der Waals surface area (Å²) in [7, 11) is 1.47. The van der Waals surface area contributed by atoms with E-state index in [4.69, 9.17) is 16.3 Å². The van der Waals surface area contributed by atoms with Crippen LogP contribution < -0.4 is 9.64 Å². The molecule has 2 aromatic carbocycles. The lowest BCUT2D eigenvalue weighted by molar-refractivity contribution is -0.121. The molecule has 0 aromatic heterocycles. The molecule has 1 N–H and O–H groups in total. The average molecular weight is 358 g/mol. The van der Waals surface area contributed by atoms with E-state index in [1.807, 2.05) is 26.0 Å². The van der Waals surface area contributed by atoms with Crippen LogP contribution in [0.5, 0.6) is 5.75 Å². The second-order valence-electron chi connectivity index (χ2n) is 5.81. The lowest BCUT2D eigenvalue weighted by atomic mass is 9.98. The van der Waals surface area contributed by atoms with Crippen molar-refractivity contribution in [3.8, 4) is 5.75 Å². The smallest absolute Gasteiger partial charge is 0.301 e. The number of aryl methyl sites for hydroxylation is 2. The molecular weight excluding hydrogens is 342 g/mol. The fourth-order valence-corrected chi connectivity index (χ4v) is 3.14. The zero-order valence-corrected chi connectivity index (χ0v) is 14.7. The second kappa shape index (κ2) is 6.26. The quantitative estimate of drug-likeness (QED) is 0.848. The van der Waals surface area contributed by atoms with E-state index in [0.29, 0.717) is 11.3 Å². The molecule has 0 unspecified atom stereocenters. The fourth-order valence-electron chi connectivity index (χ4n) is 2.88. The van der Waals surface area contributed by atoms with Crippen molar-refractivity contribution in [1.29, 1.82) is 0 Å². The van der Waals surface area contributed by atoms with E-state index in [9.17, 15) is 14.7 Å². The molecule has 0 spiro atoms. The third-order valence-electron chi connectivity index (χ3n) is 4.10. The van der Waals surface area contributed by atoms with Crippen LogP contribution in [0.2, 0.25) is 5.02 Å². The Bertz CT molecular complexity index is 933. The summed E-state index contributed by atoms with van der Waals surface area (Å²) >= 11 is 6.09. The van der Waals surface area contributed by atoms with Crippen LogP contribution in [-0.2, 0) is 9.59 Å². The van der Waals surface area contributed by atoms with Crippen molar-refractivity contribution in [2.24, 2.45) is 0 Å². The lowest BCUT2D eigenvalue weighted by Gasteiger charge is -2.16. The van der Waals surface area contributed by atoms with Gasteiger partial charge in [0.2, 0.25) is 0 Å². The molecular formula is C19H16ClNO4. The van der Waals surface area contributed by atoms with Gasteiger partial charge in [0.25, 0.3) is 5.91 Å². The number of benzene rings is 2. The highest BCUT2D eigenvalue weighted by Gasteiger charge is 2.40. The van der Waals surface area contributed by atoms with Gasteiger partial charge < -0.3 is 9.84 Å². The Morgan fingerprint density at radius 3 is 2.36 bits per heavy atom. The van der Waals surface area contributed by atoms with Gasteiger partial charge in [-0.25, -0.2) is 4.90 Å². The minimum Gasteiger partial charge on any atom is -0.502 e. The number of aliphatic hydroxyl groups is 1. The molecule has 0 atom stereocenters. The standard InChI is InChI=1S/C19H16ClNO4/c1-10-4-6-13(11(2)8-10)16-17(22)19(24)21(18(16)23)12-5-7-15(25-3)14(20)9-12/h4-9,22H,1-3H3. The molecule has 128 valence electrons. The number of amides is 2. The summed E-state index contributed by atoms with van der Waals surface area (Å²) in [4.78, 5) is 26.2. The number of ether oxygens (including phenoxy) is 1. The van der Waals surface area contributed by atoms with Gasteiger partial charge in [-0.05, 0) is 43.2 Å². The number of aliphatic hydroxyl groups excluding tert-OH is 1. The summed E-state index contributed by atoms with van der Waals surface area (Å²) in [5.41, 5.74) is 2.62. The zero-order chi connectivity index (χ0) is 18.3. The first-order valence-electron chi connectivity index (χ1n) is 7.58. The van der Waals surface area contributed by atoms with Crippen molar-refractivity contribution < 1.29 is 19.4 Å². The molecule has 1 heterocycles. The van der Waals surface area contributed by atoms with Crippen LogP contribution in [0.3, 0.4) is 0 Å². The summed E-state index contributed by atoms with van der Waals surface area (Å²) in [5.74, 6) is -1.50. The molecule has 3 rings (SSSR count). The van der Waals surface area contributed by atoms with Gasteiger partial charge >= 0.3 is 5.91 Å². The van der Waals surface area contributed by atoms with Crippen LogP contribution in [0.25, 0.3) is 5.57 Å². The molecule has 1 aliphatic heterocycles. The highest BCUT2D eigenvalue weighted by Crippen LogP contribution is 2.36. The number of carbonyl (C=O) groups excluding carboxylic acids is 2. The number of carbonyl (C=O) groups is 2. The average Bonchev–Trinajstić information content (AvgIpc) is 2.78. The SMILES string of the molecule is COc1ccc(N2C(=O)C(O)=C(c3ccc(C)cc3C)C2=O)cc1Cl. The number of hydrogen-bond acceptors (Lipinski definition) is 4. The molecule has 2 aromatic rings. The third kappa shape index (κ3) is 2.76. The summed E-state index contributed by atoms with van der Waals surface area (Å²) in [6.07, 6.45) is 0. The normalized spacial score (nSPS) is 14.5. The molecule has 0 saturated heterocycles. The van der Waals surface area contributed by atoms with Crippen LogP contribution >= 0.6 is 11.6 Å². The monoisotopic (exact) mass is 357 g/mol. The summed E-state index contributed by atoms with van der Waals surface area (Å²) < 4.78 is 5.07. The van der Waals surface area contributed by atoms with E-state index in [-0.39, 0.29) is 16.3 Å². The maximum absolute atomic E-state index is 12.8. The molecule has 25 heavy (non-hydrogen) atoms. The van der Waals surface area contributed by atoms with Crippen LogP contribution in [-0.4, -0.2) is 24.0 Å². The van der Waals surface area contributed by atoms with Gasteiger partial charge in [0.05, 0.1) is 23.4 Å². The van der Waals surface area contributed by atoms with Gasteiger partial charge in [0.1, 0.15) is 5.75 Å². The van der Waals surface area contributed by atoms with Gasteiger partial charge in [-0.2, -0.15) is 0 Å². The minimum atomic E-state index is -0.777. The topological polar surface area (TPSA) is 66.8 Å². The van der Waals surface area contributed by atoms with Crippen molar-refractivity contribution in [2.45, 2.75) is 13.8 Å². The highest BCUT2D eigenvalue weighted by atomic mass is 35.5. The Hall–Kier alpha value is -2.79.